The molecule has 3 aromatic rings. The van der Waals surface area contributed by atoms with E-state index in [0.29, 0.717) is 0 Å². The van der Waals surface area contributed by atoms with Gasteiger partial charge >= 0.3 is 0 Å². The van der Waals surface area contributed by atoms with Gasteiger partial charge in [0.2, 0.25) is 0 Å². The Morgan fingerprint density at radius 3 is 1.29 bits per heavy atom. The SMILES string of the molecule is Cc1ccc(N(c2ccc(CCCO)cc2)c2ccc(CCCO)cc2)cc1. The van der Waals surface area contributed by atoms with Gasteiger partial charge in [0.05, 0.1) is 0 Å². The van der Waals surface area contributed by atoms with E-state index in [-0.39, 0.29) is 13.2 Å². The zero-order valence-corrected chi connectivity index (χ0v) is 16.5. The lowest BCUT2D eigenvalue weighted by Gasteiger charge is -2.26. The van der Waals surface area contributed by atoms with Crippen LogP contribution < -0.4 is 4.90 Å². The van der Waals surface area contributed by atoms with Gasteiger partial charge in [0, 0.05) is 30.3 Å². The van der Waals surface area contributed by atoms with Crippen molar-refractivity contribution in [3.8, 4) is 0 Å². The van der Waals surface area contributed by atoms with Crippen LogP contribution in [-0.4, -0.2) is 23.4 Å². The molecule has 0 radical (unpaired) electrons. The van der Waals surface area contributed by atoms with Gasteiger partial charge in [0.25, 0.3) is 0 Å². The monoisotopic (exact) mass is 375 g/mol. The molecule has 0 aliphatic rings. The molecule has 0 aliphatic heterocycles. The largest absolute Gasteiger partial charge is 0.396 e. The summed E-state index contributed by atoms with van der Waals surface area (Å²) < 4.78 is 0. The van der Waals surface area contributed by atoms with E-state index in [1.54, 1.807) is 0 Å². The van der Waals surface area contributed by atoms with E-state index < -0.39 is 0 Å². The second-order valence-electron chi connectivity index (χ2n) is 7.16. The highest BCUT2D eigenvalue weighted by atomic mass is 16.3. The molecule has 0 fully saturated rings. The Balaban J connectivity index is 1.92. The standard InChI is InChI=1S/C25H29NO2/c1-20-6-12-23(13-7-20)26(24-14-8-21(9-15-24)4-2-18-27)25-16-10-22(11-17-25)5-3-19-28/h6-17,27-28H,2-5,18-19H2,1H3. The number of hydrogen-bond acceptors (Lipinski definition) is 3. The summed E-state index contributed by atoms with van der Waals surface area (Å²) in [6.07, 6.45) is 3.36. The second-order valence-corrected chi connectivity index (χ2v) is 7.16. The Hall–Kier alpha value is -2.62. The molecule has 0 saturated heterocycles. The maximum absolute atomic E-state index is 9.04. The number of aryl methyl sites for hydroxylation is 3. The molecule has 0 heterocycles. The van der Waals surface area contributed by atoms with E-state index in [2.05, 4.69) is 84.6 Å². The van der Waals surface area contributed by atoms with Crippen molar-refractivity contribution in [1.82, 2.24) is 0 Å². The quantitative estimate of drug-likeness (QED) is 0.532. The predicted molar refractivity (Wildman–Crippen MR) is 117 cm³/mol. The zero-order chi connectivity index (χ0) is 19.8. The predicted octanol–water partition coefficient (Wildman–Crippen LogP) is 5.31. The van der Waals surface area contributed by atoms with Crippen LogP contribution in [0.5, 0.6) is 0 Å². The van der Waals surface area contributed by atoms with Gasteiger partial charge in [-0.05, 0) is 80.1 Å². The molecule has 0 amide bonds. The van der Waals surface area contributed by atoms with E-state index in [1.165, 1.54) is 16.7 Å². The number of aliphatic hydroxyl groups is 2. The molecule has 0 aliphatic carbocycles. The lowest BCUT2D eigenvalue weighted by atomic mass is 10.1. The molecule has 3 aromatic carbocycles. The van der Waals surface area contributed by atoms with Crippen molar-refractivity contribution >= 4 is 17.1 Å². The average molecular weight is 376 g/mol. The number of anilines is 3. The molecule has 28 heavy (non-hydrogen) atoms. The van der Waals surface area contributed by atoms with Crippen molar-refractivity contribution in [3.63, 3.8) is 0 Å². The summed E-state index contributed by atoms with van der Waals surface area (Å²) in [5, 5.41) is 18.1. The zero-order valence-electron chi connectivity index (χ0n) is 16.5. The minimum atomic E-state index is 0.222. The summed E-state index contributed by atoms with van der Waals surface area (Å²) in [5.41, 5.74) is 7.06. The fraction of sp³-hybridized carbons (Fsp3) is 0.280. The average Bonchev–Trinajstić information content (AvgIpc) is 2.74. The minimum Gasteiger partial charge on any atom is -0.396 e. The van der Waals surface area contributed by atoms with Crippen LogP contribution in [0.4, 0.5) is 17.1 Å². The third kappa shape index (κ3) is 5.22. The van der Waals surface area contributed by atoms with Gasteiger partial charge in [-0.1, -0.05) is 42.0 Å². The maximum Gasteiger partial charge on any atom is 0.0461 e. The number of aliphatic hydroxyl groups excluding tert-OH is 2. The first kappa shape index (κ1) is 20.1. The summed E-state index contributed by atoms with van der Waals surface area (Å²) >= 11 is 0. The Morgan fingerprint density at radius 1 is 0.571 bits per heavy atom. The third-order valence-corrected chi connectivity index (χ3v) is 4.93. The van der Waals surface area contributed by atoms with Crippen molar-refractivity contribution < 1.29 is 10.2 Å². The van der Waals surface area contributed by atoms with Gasteiger partial charge in [-0.2, -0.15) is 0 Å². The van der Waals surface area contributed by atoms with Crippen LogP contribution in [0.25, 0.3) is 0 Å². The highest BCUT2D eigenvalue weighted by Gasteiger charge is 2.12. The van der Waals surface area contributed by atoms with Gasteiger partial charge < -0.3 is 15.1 Å². The molecule has 0 bridgehead atoms. The summed E-state index contributed by atoms with van der Waals surface area (Å²) in [6, 6.07) is 25.7. The summed E-state index contributed by atoms with van der Waals surface area (Å²) in [4.78, 5) is 2.26. The van der Waals surface area contributed by atoms with E-state index in [1.807, 2.05) is 0 Å². The Labute approximate surface area is 167 Å². The third-order valence-electron chi connectivity index (χ3n) is 4.93. The van der Waals surface area contributed by atoms with Gasteiger partial charge in [-0.3, -0.25) is 0 Å². The Morgan fingerprint density at radius 2 is 0.929 bits per heavy atom. The normalized spacial score (nSPS) is 10.8. The Kier molecular flexibility index (Phi) is 7.24. The molecular weight excluding hydrogens is 346 g/mol. The highest BCUT2D eigenvalue weighted by molar-refractivity contribution is 5.76. The molecule has 0 unspecified atom stereocenters. The van der Waals surface area contributed by atoms with Crippen LogP contribution in [0.2, 0.25) is 0 Å². The van der Waals surface area contributed by atoms with Crippen LogP contribution in [0.1, 0.15) is 29.5 Å². The number of benzene rings is 3. The fourth-order valence-electron chi connectivity index (χ4n) is 3.33. The number of nitrogens with zero attached hydrogens (tertiary/aromatic N) is 1. The molecule has 2 N–H and O–H groups in total. The first-order chi connectivity index (χ1) is 13.7. The molecule has 0 atom stereocenters. The molecular formula is C25H29NO2. The smallest absolute Gasteiger partial charge is 0.0461 e. The molecule has 0 saturated carbocycles. The molecule has 0 aromatic heterocycles. The number of hydrogen-bond donors (Lipinski definition) is 2. The van der Waals surface area contributed by atoms with Gasteiger partial charge in [-0.15, -0.1) is 0 Å². The fourth-order valence-corrected chi connectivity index (χ4v) is 3.33. The number of rotatable bonds is 9. The van der Waals surface area contributed by atoms with E-state index >= 15 is 0 Å². The summed E-state index contributed by atoms with van der Waals surface area (Å²) in [7, 11) is 0. The van der Waals surface area contributed by atoms with Gasteiger partial charge in [0.1, 0.15) is 0 Å². The van der Waals surface area contributed by atoms with Gasteiger partial charge in [-0.25, -0.2) is 0 Å². The molecule has 3 rings (SSSR count). The van der Waals surface area contributed by atoms with Crippen LogP contribution in [0.15, 0.2) is 72.8 Å². The molecule has 3 nitrogen and oxygen atoms in total. The highest BCUT2D eigenvalue weighted by Crippen LogP contribution is 2.34. The summed E-state index contributed by atoms with van der Waals surface area (Å²) in [5.74, 6) is 0. The summed E-state index contributed by atoms with van der Waals surface area (Å²) in [6.45, 7) is 2.54. The second kappa shape index (κ2) is 10.1. The Bertz CT molecular complexity index is 788. The van der Waals surface area contributed by atoms with Crippen molar-refractivity contribution in [2.45, 2.75) is 32.6 Å². The van der Waals surface area contributed by atoms with Crippen LogP contribution >= 0.6 is 0 Å². The topological polar surface area (TPSA) is 43.7 Å². The van der Waals surface area contributed by atoms with Crippen molar-refractivity contribution in [1.29, 1.82) is 0 Å². The first-order valence-corrected chi connectivity index (χ1v) is 9.97. The molecule has 0 spiro atoms. The van der Waals surface area contributed by atoms with E-state index in [4.69, 9.17) is 10.2 Å². The van der Waals surface area contributed by atoms with Crippen LogP contribution in [0.3, 0.4) is 0 Å². The lowest BCUT2D eigenvalue weighted by Crippen LogP contribution is -2.10. The maximum atomic E-state index is 9.04. The first-order valence-electron chi connectivity index (χ1n) is 9.97. The van der Waals surface area contributed by atoms with Crippen molar-refractivity contribution in [3.05, 3.63) is 89.5 Å². The van der Waals surface area contributed by atoms with E-state index in [0.717, 1.165) is 42.7 Å². The lowest BCUT2D eigenvalue weighted by molar-refractivity contribution is 0.288. The molecule has 146 valence electrons. The van der Waals surface area contributed by atoms with Crippen molar-refractivity contribution in [2.24, 2.45) is 0 Å². The van der Waals surface area contributed by atoms with Crippen LogP contribution in [-0.2, 0) is 12.8 Å². The van der Waals surface area contributed by atoms with Gasteiger partial charge in [0.15, 0.2) is 0 Å². The van der Waals surface area contributed by atoms with Crippen molar-refractivity contribution in [2.75, 3.05) is 18.1 Å². The van der Waals surface area contributed by atoms with Crippen LogP contribution in [0, 0.1) is 6.92 Å². The van der Waals surface area contributed by atoms with E-state index in [9.17, 15) is 0 Å². The minimum absolute atomic E-state index is 0.222. The molecule has 3 heteroatoms.